The number of alkyl halides is 2. The Hall–Kier alpha value is -2.28. The highest BCUT2D eigenvalue weighted by Crippen LogP contribution is 2.30. The molecule has 7 heteroatoms. The van der Waals surface area contributed by atoms with E-state index in [9.17, 15) is 13.6 Å². The van der Waals surface area contributed by atoms with Crippen molar-refractivity contribution in [2.45, 2.75) is 58.9 Å². The number of halogens is 2. The molecule has 1 aliphatic rings. The summed E-state index contributed by atoms with van der Waals surface area (Å²) in [7, 11) is 0. The van der Waals surface area contributed by atoms with Crippen LogP contribution in [0.25, 0.3) is 12.7 Å². The van der Waals surface area contributed by atoms with Crippen LogP contribution in [0.3, 0.4) is 0 Å². The molecule has 1 saturated heterocycles. The zero-order valence-corrected chi connectivity index (χ0v) is 18.4. The van der Waals surface area contributed by atoms with Crippen molar-refractivity contribution >= 4 is 18.6 Å². The maximum atomic E-state index is 13.4. The Morgan fingerprint density at radius 2 is 2.07 bits per heavy atom. The number of rotatable bonds is 6. The third-order valence-corrected chi connectivity index (χ3v) is 6.17. The first-order valence-electron chi connectivity index (χ1n) is 10.7. The molecule has 2 aromatic rings. The van der Waals surface area contributed by atoms with E-state index in [1.54, 1.807) is 12.4 Å². The predicted molar refractivity (Wildman–Crippen MR) is 115 cm³/mol. The lowest BCUT2D eigenvalue weighted by atomic mass is 9.89. The van der Waals surface area contributed by atoms with Gasteiger partial charge in [0.15, 0.2) is 0 Å². The van der Waals surface area contributed by atoms with Crippen LogP contribution in [0.15, 0.2) is 18.7 Å². The topological polar surface area (TPSA) is 43.1 Å². The fraction of sp³-hybridized carbons (Fsp3) is 0.565. The normalized spacial score (nSPS) is 18.1. The van der Waals surface area contributed by atoms with Crippen molar-refractivity contribution in [1.82, 2.24) is 19.0 Å². The van der Waals surface area contributed by atoms with Crippen molar-refractivity contribution in [3.8, 4) is 0 Å². The zero-order valence-electron chi connectivity index (χ0n) is 18.4. The van der Waals surface area contributed by atoms with Gasteiger partial charge in [-0.25, -0.2) is 13.8 Å². The summed E-state index contributed by atoms with van der Waals surface area (Å²) < 4.78 is 30.4. The highest BCUT2D eigenvalue weighted by atomic mass is 19.3. The number of nitrogens with zero attached hydrogens (tertiary/aromatic N) is 4. The summed E-state index contributed by atoms with van der Waals surface area (Å²) in [6.07, 6.45) is 9.40. The Kier molecular flexibility index (Phi) is 6.60. The molecule has 0 unspecified atom stereocenters. The van der Waals surface area contributed by atoms with Gasteiger partial charge in [0, 0.05) is 41.6 Å². The average molecular weight is 419 g/mol. The maximum absolute atomic E-state index is 13.4. The van der Waals surface area contributed by atoms with Gasteiger partial charge in [-0.05, 0) is 52.1 Å². The lowest BCUT2D eigenvalue weighted by Gasteiger charge is -2.36. The molecule has 0 N–H and O–H groups in total. The second-order valence-electron chi connectivity index (χ2n) is 8.51. The Morgan fingerprint density at radius 1 is 1.40 bits per heavy atom. The SMILES string of the molecule is C=c1c(C(=O)n2ccnc2)c(C)n([C@H](C)C2CCN(CC(C)(F)F)CC2)/c1=C/CC. The van der Waals surface area contributed by atoms with Crippen LogP contribution >= 0.6 is 0 Å². The minimum atomic E-state index is -2.66. The number of carbonyl (C=O) groups excluding carboxylic acids is 1. The van der Waals surface area contributed by atoms with Crippen LogP contribution in [0.5, 0.6) is 0 Å². The Bertz CT molecular complexity index is 980. The molecule has 0 saturated carbocycles. The Morgan fingerprint density at radius 3 is 2.60 bits per heavy atom. The van der Waals surface area contributed by atoms with Crippen molar-refractivity contribution in [1.29, 1.82) is 0 Å². The van der Waals surface area contributed by atoms with Crippen LogP contribution in [0.2, 0.25) is 0 Å². The largest absolute Gasteiger partial charge is 0.341 e. The second kappa shape index (κ2) is 8.84. The summed E-state index contributed by atoms with van der Waals surface area (Å²) in [5.41, 5.74) is 1.51. The summed E-state index contributed by atoms with van der Waals surface area (Å²) in [5, 5.41) is 1.72. The third-order valence-electron chi connectivity index (χ3n) is 6.17. The van der Waals surface area contributed by atoms with E-state index in [1.807, 2.05) is 11.8 Å². The van der Waals surface area contributed by atoms with Crippen LogP contribution in [-0.2, 0) is 0 Å². The van der Waals surface area contributed by atoms with Gasteiger partial charge in [0.2, 0.25) is 0 Å². The first-order valence-corrected chi connectivity index (χ1v) is 10.7. The van der Waals surface area contributed by atoms with Gasteiger partial charge in [0.25, 0.3) is 11.8 Å². The van der Waals surface area contributed by atoms with Crippen molar-refractivity contribution in [3.05, 3.63) is 40.5 Å². The molecule has 0 bridgehead atoms. The molecule has 0 aliphatic carbocycles. The minimum Gasteiger partial charge on any atom is -0.341 e. The summed E-state index contributed by atoms with van der Waals surface area (Å²) in [5.74, 6) is -2.44. The van der Waals surface area contributed by atoms with Gasteiger partial charge in [0.1, 0.15) is 6.33 Å². The van der Waals surface area contributed by atoms with Crippen molar-refractivity contribution in [3.63, 3.8) is 0 Å². The summed E-state index contributed by atoms with van der Waals surface area (Å²) in [4.78, 5) is 18.9. The molecule has 0 aromatic carbocycles. The molecule has 2 aromatic heterocycles. The molecular weight excluding hydrogens is 386 g/mol. The number of imidazole rings is 1. The first-order chi connectivity index (χ1) is 14.1. The molecular formula is C23H32F2N4O. The zero-order chi connectivity index (χ0) is 22.1. The van der Waals surface area contributed by atoms with Crippen molar-refractivity contribution < 1.29 is 13.6 Å². The second-order valence-corrected chi connectivity index (χ2v) is 8.51. The molecule has 1 atom stereocenters. The first kappa shape index (κ1) is 22.4. The standard InChI is InChI=1S/C23H32F2N4O/c1-6-7-20-16(2)21(22(30)28-13-10-26-15-28)18(4)29(20)17(3)19-8-11-27(12-9-19)14-23(5,24)25/h7,10,13,15,17,19H,2,6,8-9,11-12,14H2,1,3-5H3/b20-7+/t17-/m1/s1. The van der Waals surface area contributed by atoms with E-state index in [-0.39, 0.29) is 18.5 Å². The van der Waals surface area contributed by atoms with Crippen LogP contribution < -0.4 is 10.6 Å². The lowest BCUT2D eigenvalue weighted by molar-refractivity contribution is -0.0240. The monoisotopic (exact) mass is 418 g/mol. The molecule has 164 valence electrons. The molecule has 1 fully saturated rings. The molecule has 0 amide bonds. The number of piperidine rings is 1. The summed E-state index contributed by atoms with van der Waals surface area (Å²) >= 11 is 0. The Balaban J connectivity index is 1.90. The number of hydrogen-bond donors (Lipinski definition) is 0. The summed E-state index contributed by atoms with van der Waals surface area (Å²) in [6, 6.07) is 0.150. The van der Waals surface area contributed by atoms with E-state index in [1.165, 1.54) is 10.9 Å². The van der Waals surface area contributed by atoms with Gasteiger partial charge in [0.05, 0.1) is 12.1 Å². The third kappa shape index (κ3) is 4.56. The van der Waals surface area contributed by atoms with Gasteiger partial charge < -0.3 is 4.57 Å². The Labute approximate surface area is 176 Å². The van der Waals surface area contributed by atoms with E-state index in [4.69, 9.17) is 0 Å². The molecule has 3 heterocycles. The van der Waals surface area contributed by atoms with Crippen LogP contribution in [-0.4, -0.2) is 50.5 Å². The molecule has 0 spiro atoms. The van der Waals surface area contributed by atoms with E-state index < -0.39 is 5.92 Å². The van der Waals surface area contributed by atoms with Gasteiger partial charge >= 0.3 is 0 Å². The average Bonchev–Trinajstić information content (AvgIpc) is 3.28. The molecule has 0 radical (unpaired) electrons. The van der Waals surface area contributed by atoms with Gasteiger partial charge in [-0.2, -0.15) is 0 Å². The fourth-order valence-corrected chi connectivity index (χ4v) is 4.72. The van der Waals surface area contributed by atoms with E-state index in [0.29, 0.717) is 24.6 Å². The van der Waals surface area contributed by atoms with E-state index >= 15 is 0 Å². The van der Waals surface area contributed by atoms with Gasteiger partial charge in [-0.1, -0.05) is 19.6 Å². The lowest BCUT2D eigenvalue weighted by Crippen LogP contribution is -2.43. The van der Waals surface area contributed by atoms with Gasteiger partial charge in [-0.15, -0.1) is 0 Å². The smallest absolute Gasteiger partial charge is 0.265 e. The quantitative estimate of drug-likeness (QED) is 0.724. The predicted octanol–water partition coefficient (Wildman–Crippen LogP) is 3.21. The van der Waals surface area contributed by atoms with Crippen LogP contribution in [0.1, 0.15) is 62.1 Å². The number of aromatic nitrogens is 3. The highest BCUT2D eigenvalue weighted by molar-refractivity contribution is 5.97. The molecule has 1 aliphatic heterocycles. The van der Waals surface area contributed by atoms with E-state index in [2.05, 4.69) is 36.1 Å². The molecule has 30 heavy (non-hydrogen) atoms. The number of hydrogen-bond acceptors (Lipinski definition) is 3. The van der Waals surface area contributed by atoms with Crippen molar-refractivity contribution in [2.24, 2.45) is 5.92 Å². The van der Waals surface area contributed by atoms with Crippen LogP contribution in [0.4, 0.5) is 8.78 Å². The molecule has 5 nitrogen and oxygen atoms in total. The highest BCUT2D eigenvalue weighted by Gasteiger charge is 2.31. The van der Waals surface area contributed by atoms with E-state index in [0.717, 1.165) is 42.4 Å². The van der Waals surface area contributed by atoms with Crippen molar-refractivity contribution in [2.75, 3.05) is 19.6 Å². The summed E-state index contributed by atoms with van der Waals surface area (Å²) in [6.45, 7) is 12.6. The van der Waals surface area contributed by atoms with Gasteiger partial charge in [-0.3, -0.25) is 14.3 Å². The van der Waals surface area contributed by atoms with Crippen LogP contribution in [0, 0.1) is 12.8 Å². The number of carbonyl (C=O) groups is 1. The number of likely N-dealkylation sites (tertiary alicyclic amines) is 1. The minimum absolute atomic E-state index is 0.133. The maximum Gasteiger partial charge on any atom is 0.265 e. The molecule has 3 rings (SSSR count). The fourth-order valence-electron chi connectivity index (χ4n) is 4.72.